The summed E-state index contributed by atoms with van der Waals surface area (Å²) in [7, 11) is 1.33. The maximum absolute atomic E-state index is 12.4. The summed E-state index contributed by atoms with van der Waals surface area (Å²) >= 11 is 0. The predicted molar refractivity (Wildman–Crippen MR) is 92.5 cm³/mol. The molecule has 7 nitrogen and oxygen atoms in total. The van der Waals surface area contributed by atoms with Gasteiger partial charge in [0.2, 0.25) is 5.95 Å². The van der Waals surface area contributed by atoms with Crippen molar-refractivity contribution in [3.63, 3.8) is 0 Å². The van der Waals surface area contributed by atoms with Crippen LogP contribution in [0.25, 0.3) is 0 Å². The first kappa shape index (κ1) is 16.9. The molecule has 1 aromatic heterocycles. The number of hydrogen-bond donors (Lipinski definition) is 1. The monoisotopic (exact) mass is 340 g/mol. The van der Waals surface area contributed by atoms with Gasteiger partial charge >= 0.3 is 5.97 Å². The van der Waals surface area contributed by atoms with E-state index in [1.807, 2.05) is 0 Å². The van der Waals surface area contributed by atoms with E-state index in [9.17, 15) is 9.59 Å². The van der Waals surface area contributed by atoms with E-state index in [2.05, 4.69) is 24.9 Å². The largest absolute Gasteiger partial charge is 0.465 e. The zero-order valence-electron chi connectivity index (χ0n) is 14.0. The van der Waals surface area contributed by atoms with Crippen LogP contribution in [0.3, 0.4) is 0 Å². The van der Waals surface area contributed by atoms with Crippen molar-refractivity contribution in [1.29, 1.82) is 0 Å². The van der Waals surface area contributed by atoms with Crippen molar-refractivity contribution in [3.8, 4) is 0 Å². The van der Waals surface area contributed by atoms with Gasteiger partial charge in [0, 0.05) is 37.1 Å². The minimum atomic E-state index is -0.419. The molecule has 0 spiro atoms. The number of ether oxygens (including phenoxy) is 1. The third-order valence-corrected chi connectivity index (χ3v) is 4.16. The lowest BCUT2D eigenvalue weighted by Gasteiger charge is -2.33. The third kappa shape index (κ3) is 4.12. The van der Waals surface area contributed by atoms with Gasteiger partial charge in [-0.2, -0.15) is 0 Å². The smallest absolute Gasteiger partial charge is 0.337 e. The Bertz CT molecular complexity index is 734. The molecule has 1 fully saturated rings. The molecule has 0 aliphatic carbocycles. The van der Waals surface area contributed by atoms with Gasteiger partial charge in [-0.05, 0) is 43.2 Å². The predicted octanol–water partition coefficient (Wildman–Crippen LogP) is 1.66. The Morgan fingerprint density at radius 2 is 1.84 bits per heavy atom. The number of methoxy groups -OCH3 is 1. The van der Waals surface area contributed by atoms with Gasteiger partial charge in [0.05, 0.1) is 12.7 Å². The number of anilines is 1. The number of carbonyl (C=O) groups is 2. The van der Waals surface area contributed by atoms with E-state index >= 15 is 0 Å². The van der Waals surface area contributed by atoms with Gasteiger partial charge in [-0.3, -0.25) is 4.79 Å². The number of rotatable bonds is 4. The van der Waals surface area contributed by atoms with E-state index in [1.54, 1.807) is 42.7 Å². The van der Waals surface area contributed by atoms with Crippen LogP contribution in [0.2, 0.25) is 0 Å². The van der Waals surface area contributed by atoms with Crippen molar-refractivity contribution in [2.45, 2.75) is 18.9 Å². The summed E-state index contributed by atoms with van der Waals surface area (Å²) in [5.74, 6) is 0.110. The van der Waals surface area contributed by atoms with E-state index in [0.717, 1.165) is 19.4 Å². The molecule has 1 amide bonds. The van der Waals surface area contributed by atoms with Gasteiger partial charge in [-0.15, -0.1) is 0 Å². The van der Waals surface area contributed by atoms with Crippen LogP contribution in [0.15, 0.2) is 42.7 Å². The second-order valence-electron chi connectivity index (χ2n) is 5.88. The number of hydrogen-bond acceptors (Lipinski definition) is 6. The number of nitrogens with one attached hydrogen (secondary N) is 1. The van der Waals surface area contributed by atoms with Crippen molar-refractivity contribution < 1.29 is 14.3 Å². The molecule has 0 saturated carbocycles. The molecule has 0 bridgehead atoms. The molecule has 25 heavy (non-hydrogen) atoms. The van der Waals surface area contributed by atoms with Gasteiger partial charge in [-0.25, -0.2) is 14.8 Å². The summed E-state index contributed by atoms with van der Waals surface area (Å²) in [6, 6.07) is 8.25. The number of piperidine rings is 1. The Labute approximate surface area is 146 Å². The highest BCUT2D eigenvalue weighted by atomic mass is 16.5. The van der Waals surface area contributed by atoms with Crippen molar-refractivity contribution >= 4 is 17.8 Å². The van der Waals surface area contributed by atoms with E-state index in [1.165, 1.54) is 7.11 Å². The summed E-state index contributed by atoms with van der Waals surface area (Å²) in [5, 5.41) is 3.05. The number of nitrogens with zero attached hydrogens (tertiary/aromatic N) is 3. The highest BCUT2D eigenvalue weighted by Gasteiger charge is 2.23. The standard InChI is InChI=1S/C18H20N4O3/c1-25-17(24)14-7-5-13(6-8-14)16(23)21-15-4-2-11-22(12-15)18-19-9-3-10-20-18/h3,5-10,15H,2,4,11-12H2,1H3,(H,21,23). The fourth-order valence-corrected chi connectivity index (χ4v) is 2.88. The van der Waals surface area contributed by atoms with Gasteiger partial charge in [0.15, 0.2) is 0 Å². The molecule has 1 aliphatic rings. The first-order valence-corrected chi connectivity index (χ1v) is 8.18. The zero-order chi connectivity index (χ0) is 17.6. The highest BCUT2D eigenvalue weighted by molar-refractivity contribution is 5.96. The van der Waals surface area contributed by atoms with Crippen molar-refractivity contribution in [2.24, 2.45) is 0 Å². The summed E-state index contributed by atoms with van der Waals surface area (Å²) in [6.07, 6.45) is 5.31. The first-order chi connectivity index (χ1) is 12.2. The third-order valence-electron chi connectivity index (χ3n) is 4.16. The highest BCUT2D eigenvalue weighted by Crippen LogP contribution is 2.16. The Kier molecular flexibility index (Phi) is 5.23. The second-order valence-corrected chi connectivity index (χ2v) is 5.88. The fraction of sp³-hybridized carbons (Fsp3) is 0.333. The molecule has 1 aromatic carbocycles. The minimum absolute atomic E-state index is 0.0327. The van der Waals surface area contributed by atoms with Gasteiger partial charge in [0.1, 0.15) is 0 Å². The molecule has 1 N–H and O–H groups in total. The average molecular weight is 340 g/mol. The van der Waals surface area contributed by atoms with Gasteiger partial charge in [-0.1, -0.05) is 0 Å². The van der Waals surface area contributed by atoms with Crippen LogP contribution in [-0.4, -0.2) is 48.1 Å². The molecule has 2 aromatic rings. The lowest BCUT2D eigenvalue weighted by molar-refractivity contribution is 0.0600. The molecule has 130 valence electrons. The molecule has 1 atom stereocenters. The lowest BCUT2D eigenvalue weighted by Crippen LogP contribution is -2.48. The molecule has 7 heteroatoms. The fourth-order valence-electron chi connectivity index (χ4n) is 2.88. The zero-order valence-corrected chi connectivity index (χ0v) is 14.0. The number of carbonyl (C=O) groups excluding carboxylic acids is 2. The molecule has 3 rings (SSSR count). The average Bonchev–Trinajstić information content (AvgIpc) is 2.68. The Morgan fingerprint density at radius 3 is 2.52 bits per heavy atom. The van der Waals surface area contributed by atoms with E-state index < -0.39 is 5.97 Å². The maximum atomic E-state index is 12.4. The van der Waals surface area contributed by atoms with Gasteiger partial charge < -0.3 is 15.0 Å². The maximum Gasteiger partial charge on any atom is 0.337 e. The quantitative estimate of drug-likeness (QED) is 0.852. The van der Waals surface area contributed by atoms with E-state index in [4.69, 9.17) is 0 Å². The van der Waals surface area contributed by atoms with Gasteiger partial charge in [0.25, 0.3) is 5.91 Å². The van der Waals surface area contributed by atoms with Crippen LogP contribution in [-0.2, 0) is 4.74 Å². The molecule has 1 saturated heterocycles. The van der Waals surface area contributed by atoms with Crippen LogP contribution >= 0.6 is 0 Å². The summed E-state index contributed by atoms with van der Waals surface area (Å²) in [4.78, 5) is 34.5. The topological polar surface area (TPSA) is 84.4 Å². The van der Waals surface area contributed by atoms with Crippen molar-refractivity contribution in [2.75, 3.05) is 25.1 Å². The summed E-state index contributed by atoms with van der Waals surface area (Å²) in [5.41, 5.74) is 0.935. The number of esters is 1. The minimum Gasteiger partial charge on any atom is -0.465 e. The Morgan fingerprint density at radius 1 is 1.16 bits per heavy atom. The summed E-state index contributed by atoms with van der Waals surface area (Å²) < 4.78 is 4.66. The number of benzene rings is 1. The number of amides is 1. The molecule has 0 radical (unpaired) electrons. The SMILES string of the molecule is COC(=O)c1ccc(C(=O)NC2CCCN(c3ncccn3)C2)cc1. The van der Waals surface area contributed by atoms with Crippen LogP contribution in [0.4, 0.5) is 5.95 Å². The van der Waals surface area contributed by atoms with Crippen LogP contribution in [0.5, 0.6) is 0 Å². The Hall–Kier alpha value is -2.96. The van der Waals surface area contributed by atoms with E-state index in [0.29, 0.717) is 23.6 Å². The second kappa shape index (κ2) is 7.74. The summed E-state index contributed by atoms with van der Waals surface area (Å²) in [6.45, 7) is 1.56. The van der Waals surface area contributed by atoms with Crippen molar-refractivity contribution in [1.82, 2.24) is 15.3 Å². The lowest BCUT2D eigenvalue weighted by atomic mass is 10.0. The van der Waals surface area contributed by atoms with Crippen LogP contribution in [0, 0.1) is 0 Å². The molecular weight excluding hydrogens is 320 g/mol. The van der Waals surface area contributed by atoms with Crippen molar-refractivity contribution in [3.05, 3.63) is 53.9 Å². The normalized spacial score (nSPS) is 17.0. The molecule has 1 unspecified atom stereocenters. The van der Waals surface area contributed by atoms with Crippen LogP contribution < -0.4 is 10.2 Å². The molecule has 2 heterocycles. The Balaban J connectivity index is 1.61. The van der Waals surface area contributed by atoms with E-state index in [-0.39, 0.29) is 11.9 Å². The first-order valence-electron chi connectivity index (χ1n) is 8.18. The molecule has 1 aliphatic heterocycles. The molecular formula is C18H20N4O3. The number of aromatic nitrogens is 2. The van der Waals surface area contributed by atoms with Crippen LogP contribution in [0.1, 0.15) is 33.6 Å².